The maximum atomic E-state index is 10.5. The van der Waals surface area contributed by atoms with Gasteiger partial charge in [0.05, 0.1) is 0 Å². The standard InChI is InChI=1S/C5H7N3O3S/c1-3-6-4(2)8-5(7-3)12(9,10)11/h1-2H3,(H,9,10,11). The predicted octanol–water partition coefficient (Wildman–Crippen LogP) is -0.265. The van der Waals surface area contributed by atoms with Crippen LogP contribution in [0.2, 0.25) is 0 Å². The fraction of sp³-hybridized carbons (Fsp3) is 0.400. The van der Waals surface area contributed by atoms with Crippen molar-refractivity contribution < 1.29 is 13.0 Å². The Morgan fingerprint density at radius 3 is 1.83 bits per heavy atom. The molecule has 0 spiro atoms. The van der Waals surface area contributed by atoms with Crippen LogP contribution in [-0.4, -0.2) is 27.9 Å². The number of aromatic nitrogens is 3. The molecule has 0 bridgehead atoms. The molecule has 0 aliphatic carbocycles. The zero-order chi connectivity index (χ0) is 9.35. The fourth-order valence-electron chi connectivity index (χ4n) is 0.701. The van der Waals surface area contributed by atoms with E-state index in [1.54, 1.807) is 0 Å². The van der Waals surface area contributed by atoms with Crippen LogP contribution in [-0.2, 0) is 10.1 Å². The van der Waals surface area contributed by atoms with Crippen LogP contribution in [0, 0.1) is 13.8 Å². The van der Waals surface area contributed by atoms with Crippen LogP contribution in [0.15, 0.2) is 5.16 Å². The minimum atomic E-state index is -4.31. The van der Waals surface area contributed by atoms with E-state index in [1.807, 2.05) is 0 Å². The highest BCUT2D eigenvalue weighted by Gasteiger charge is 2.14. The second kappa shape index (κ2) is 2.76. The first-order valence-electron chi connectivity index (χ1n) is 3.06. The zero-order valence-electron chi connectivity index (χ0n) is 6.51. The fourth-order valence-corrected chi connectivity index (χ4v) is 1.20. The number of nitrogens with zero attached hydrogens (tertiary/aromatic N) is 3. The van der Waals surface area contributed by atoms with Gasteiger partial charge in [-0.05, 0) is 13.8 Å². The number of aryl methyl sites for hydroxylation is 2. The molecule has 1 rings (SSSR count). The van der Waals surface area contributed by atoms with Crippen LogP contribution in [0.25, 0.3) is 0 Å². The Bertz CT molecular complexity index is 380. The van der Waals surface area contributed by atoms with E-state index in [9.17, 15) is 8.42 Å². The van der Waals surface area contributed by atoms with Crippen molar-refractivity contribution in [2.75, 3.05) is 0 Å². The van der Waals surface area contributed by atoms with Crippen molar-refractivity contribution in [3.05, 3.63) is 11.6 Å². The summed E-state index contributed by atoms with van der Waals surface area (Å²) in [7, 11) is -4.31. The topological polar surface area (TPSA) is 93.0 Å². The molecule has 1 aromatic heterocycles. The third-order valence-corrected chi connectivity index (χ3v) is 1.71. The maximum Gasteiger partial charge on any atom is 0.330 e. The molecule has 0 aliphatic rings. The minimum Gasteiger partial charge on any atom is -0.279 e. The average molecular weight is 189 g/mol. The predicted molar refractivity (Wildman–Crippen MR) is 39.1 cm³/mol. The normalized spacial score (nSPS) is 11.6. The molecule has 7 heteroatoms. The lowest BCUT2D eigenvalue weighted by Crippen LogP contribution is -2.08. The Morgan fingerprint density at radius 1 is 1.08 bits per heavy atom. The van der Waals surface area contributed by atoms with Gasteiger partial charge < -0.3 is 0 Å². The van der Waals surface area contributed by atoms with Crippen molar-refractivity contribution in [3.8, 4) is 0 Å². The summed E-state index contributed by atoms with van der Waals surface area (Å²) < 4.78 is 29.6. The molecule has 1 aromatic rings. The van der Waals surface area contributed by atoms with Crippen molar-refractivity contribution in [3.63, 3.8) is 0 Å². The number of hydrogen-bond donors (Lipinski definition) is 1. The third kappa shape index (κ3) is 1.95. The van der Waals surface area contributed by atoms with Crippen LogP contribution in [0.3, 0.4) is 0 Å². The van der Waals surface area contributed by atoms with Crippen molar-refractivity contribution >= 4 is 10.1 Å². The molecule has 0 saturated heterocycles. The van der Waals surface area contributed by atoms with Gasteiger partial charge in [0.1, 0.15) is 11.6 Å². The van der Waals surface area contributed by atoms with Gasteiger partial charge in [0.15, 0.2) is 0 Å². The summed E-state index contributed by atoms with van der Waals surface area (Å²) in [4.78, 5) is 10.6. The molecule has 0 amide bonds. The number of hydrogen-bond acceptors (Lipinski definition) is 5. The minimum absolute atomic E-state index is 0.259. The van der Waals surface area contributed by atoms with Gasteiger partial charge in [-0.1, -0.05) is 0 Å². The highest BCUT2D eigenvalue weighted by molar-refractivity contribution is 7.85. The zero-order valence-corrected chi connectivity index (χ0v) is 7.33. The lowest BCUT2D eigenvalue weighted by Gasteiger charge is -1.97. The molecule has 1 heterocycles. The molecule has 0 fully saturated rings. The van der Waals surface area contributed by atoms with E-state index in [0.29, 0.717) is 0 Å². The SMILES string of the molecule is Cc1nc(C)nc(S(=O)(=O)O)n1. The van der Waals surface area contributed by atoms with E-state index >= 15 is 0 Å². The van der Waals surface area contributed by atoms with Crippen LogP contribution >= 0.6 is 0 Å². The highest BCUT2D eigenvalue weighted by Crippen LogP contribution is 2.00. The molecule has 0 aliphatic heterocycles. The largest absolute Gasteiger partial charge is 0.330 e. The van der Waals surface area contributed by atoms with Gasteiger partial charge in [-0.25, -0.2) is 15.0 Å². The summed E-state index contributed by atoms with van der Waals surface area (Å²) in [6.07, 6.45) is 0. The smallest absolute Gasteiger partial charge is 0.279 e. The summed E-state index contributed by atoms with van der Waals surface area (Å²) >= 11 is 0. The Balaban J connectivity index is 3.37. The van der Waals surface area contributed by atoms with E-state index in [2.05, 4.69) is 15.0 Å². The first-order valence-corrected chi connectivity index (χ1v) is 4.50. The van der Waals surface area contributed by atoms with Gasteiger partial charge in [-0.3, -0.25) is 4.55 Å². The lowest BCUT2D eigenvalue weighted by molar-refractivity contribution is 0.472. The molecule has 1 N–H and O–H groups in total. The molecule has 0 aromatic carbocycles. The first kappa shape index (κ1) is 9.01. The van der Waals surface area contributed by atoms with Crippen LogP contribution in [0.4, 0.5) is 0 Å². The summed E-state index contributed by atoms with van der Waals surface area (Å²) in [5, 5.41) is -0.604. The van der Waals surface area contributed by atoms with E-state index in [0.717, 1.165) is 0 Å². The summed E-state index contributed by atoms with van der Waals surface area (Å²) in [5.74, 6) is 0.519. The first-order chi connectivity index (χ1) is 5.39. The van der Waals surface area contributed by atoms with Crippen LogP contribution in [0.1, 0.15) is 11.6 Å². The Kier molecular flexibility index (Phi) is 2.07. The highest BCUT2D eigenvalue weighted by atomic mass is 32.2. The van der Waals surface area contributed by atoms with E-state index in [4.69, 9.17) is 4.55 Å². The van der Waals surface area contributed by atoms with Crippen LogP contribution in [0.5, 0.6) is 0 Å². The molecule has 6 nitrogen and oxygen atoms in total. The van der Waals surface area contributed by atoms with Crippen LogP contribution < -0.4 is 0 Å². The van der Waals surface area contributed by atoms with Gasteiger partial charge in [0.25, 0.3) is 5.16 Å². The molecular weight excluding hydrogens is 182 g/mol. The number of rotatable bonds is 1. The average Bonchev–Trinajstić information content (AvgIpc) is 1.82. The van der Waals surface area contributed by atoms with Crippen molar-refractivity contribution in [1.29, 1.82) is 0 Å². The molecule has 0 atom stereocenters. The second-order valence-corrected chi connectivity index (χ2v) is 3.50. The quantitative estimate of drug-likeness (QED) is 0.611. The maximum absolute atomic E-state index is 10.5. The molecule has 12 heavy (non-hydrogen) atoms. The summed E-state index contributed by atoms with van der Waals surface area (Å²) in [5.41, 5.74) is 0. The van der Waals surface area contributed by atoms with Gasteiger partial charge in [0.2, 0.25) is 0 Å². The van der Waals surface area contributed by atoms with Crippen molar-refractivity contribution in [1.82, 2.24) is 15.0 Å². The van der Waals surface area contributed by atoms with Gasteiger partial charge in [0, 0.05) is 0 Å². The molecular formula is C5H7N3O3S. The molecule has 66 valence electrons. The summed E-state index contributed by atoms with van der Waals surface area (Å²) in [6.45, 7) is 3.03. The van der Waals surface area contributed by atoms with Crippen molar-refractivity contribution in [2.24, 2.45) is 0 Å². The van der Waals surface area contributed by atoms with Gasteiger partial charge in [-0.2, -0.15) is 8.42 Å². The molecule has 0 radical (unpaired) electrons. The van der Waals surface area contributed by atoms with Crippen molar-refractivity contribution in [2.45, 2.75) is 19.0 Å². The summed E-state index contributed by atoms with van der Waals surface area (Å²) in [6, 6.07) is 0. The molecule has 0 unspecified atom stereocenters. The van der Waals surface area contributed by atoms with E-state index in [-0.39, 0.29) is 11.6 Å². The Labute approximate surface area is 69.4 Å². The molecule has 0 saturated carbocycles. The van der Waals surface area contributed by atoms with E-state index in [1.165, 1.54) is 13.8 Å². The monoisotopic (exact) mass is 189 g/mol. The van der Waals surface area contributed by atoms with Gasteiger partial charge in [-0.15, -0.1) is 0 Å². The lowest BCUT2D eigenvalue weighted by atomic mass is 10.6. The van der Waals surface area contributed by atoms with E-state index < -0.39 is 15.3 Å². The second-order valence-electron chi connectivity index (χ2n) is 2.19. The van der Waals surface area contributed by atoms with Gasteiger partial charge >= 0.3 is 10.1 Å². The third-order valence-electron chi connectivity index (χ3n) is 1.07. The Morgan fingerprint density at radius 2 is 1.50 bits per heavy atom. The Hall–Kier alpha value is -1.08.